The molecule has 3 heteroatoms. The second kappa shape index (κ2) is 8.33. The van der Waals surface area contributed by atoms with Crippen molar-refractivity contribution in [3.63, 3.8) is 0 Å². The lowest BCUT2D eigenvalue weighted by Gasteiger charge is -2.14. The van der Waals surface area contributed by atoms with E-state index in [9.17, 15) is 0 Å². The Morgan fingerprint density at radius 3 is 1.71 bits per heavy atom. The minimum Gasteiger partial charge on any atom is -0.497 e. The minimum absolute atomic E-state index is 0.827. The summed E-state index contributed by atoms with van der Waals surface area (Å²) in [5.41, 5.74) is 6.35. The average molecular weight is 402 g/mol. The molecule has 150 valence electrons. The molecule has 0 bridgehead atoms. The normalized spacial score (nSPS) is 10.7. The molecule has 0 saturated heterocycles. The number of methoxy groups -OCH3 is 1. The number of para-hydroxylation sites is 1. The molecule has 0 atom stereocenters. The lowest BCUT2D eigenvalue weighted by molar-refractivity contribution is 0.415. The maximum Gasteiger partial charge on any atom is 0.145 e. The molecule has 0 saturated carbocycles. The number of nitrogens with zero attached hydrogens (tertiary/aromatic N) is 2. The smallest absolute Gasteiger partial charge is 0.145 e. The zero-order chi connectivity index (χ0) is 21.0. The van der Waals surface area contributed by atoms with E-state index in [1.165, 1.54) is 0 Å². The molecule has 31 heavy (non-hydrogen) atoms. The summed E-state index contributed by atoms with van der Waals surface area (Å²) in [6, 6.07) is 39.3. The summed E-state index contributed by atoms with van der Waals surface area (Å²) in [4.78, 5) is 5.18. The van der Waals surface area contributed by atoms with Crippen LogP contribution in [0.15, 0.2) is 115 Å². The Balaban J connectivity index is 1.85. The lowest BCUT2D eigenvalue weighted by atomic mass is 10.0. The molecule has 1 aromatic heterocycles. The highest BCUT2D eigenvalue weighted by Gasteiger charge is 2.22. The summed E-state index contributed by atoms with van der Waals surface area (Å²) >= 11 is 0. The van der Waals surface area contributed by atoms with E-state index >= 15 is 0 Å². The second-order valence-electron chi connectivity index (χ2n) is 7.26. The minimum atomic E-state index is 0.827. The SMILES string of the molecule is COc1ccc(-c2nc(-c3ccccc3)c(-c3ccccc3)n2-c2ccccc2)cc1. The number of benzene rings is 4. The van der Waals surface area contributed by atoms with Gasteiger partial charge in [-0.1, -0.05) is 78.9 Å². The summed E-state index contributed by atoms with van der Waals surface area (Å²) in [6.07, 6.45) is 0. The zero-order valence-corrected chi connectivity index (χ0v) is 17.3. The summed E-state index contributed by atoms with van der Waals surface area (Å²) in [6.45, 7) is 0. The van der Waals surface area contributed by atoms with Gasteiger partial charge in [-0.2, -0.15) is 0 Å². The van der Waals surface area contributed by atoms with Gasteiger partial charge in [0.15, 0.2) is 0 Å². The highest BCUT2D eigenvalue weighted by Crippen LogP contribution is 2.38. The molecule has 4 aromatic carbocycles. The molecule has 1 heterocycles. The molecule has 0 radical (unpaired) electrons. The monoisotopic (exact) mass is 402 g/mol. The van der Waals surface area contributed by atoms with E-state index in [-0.39, 0.29) is 0 Å². The molecule has 0 unspecified atom stereocenters. The average Bonchev–Trinajstić information content (AvgIpc) is 3.26. The van der Waals surface area contributed by atoms with Gasteiger partial charge in [-0.05, 0) is 36.4 Å². The van der Waals surface area contributed by atoms with Crippen molar-refractivity contribution in [3.05, 3.63) is 115 Å². The van der Waals surface area contributed by atoms with E-state index in [4.69, 9.17) is 9.72 Å². The molecule has 5 aromatic rings. The largest absolute Gasteiger partial charge is 0.497 e. The van der Waals surface area contributed by atoms with Crippen molar-refractivity contribution in [3.8, 4) is 45.3 Å². The van der Waals surface area contributed by atoms with Crippen molar-refractivity contribution in [1.29, 1.82) is 0 Å². The highest BCUT2D eigenvalue weighted by molar-refractivity contribution is 5.84. The number of imidazole rings is 1. The first-order valence-electron chi connectivity index (χ1n) is 10.3. The second-order valence-corrected chi connectivity index (χ2v) is 7.26. The van der Waals surface area contributed by atoms with Crippen LogP contribution in [0, 0.1) is 0 Å². The molecule has 5 rings (SSSR count). The van der Waals surface area contributed by atoms with Crippen molar-refractivity contribution < 1.29 is 4.74 Å². The standard InChI is InChI=1S/C28H22N2O/c1-31-25-19-17-23(18-20-25)28-29-26(21-11-5-2-6-12-21)27(22-13-7-3-8-14-22)30(28)24-15-9-4-10-16-24/h2-20H,1H3. The highest BCUT2D eigenvalue weighted by atomic mass is 16.5. The van der Waals surface area contributed by atoms with Gasteiger partial charge in [0.05, 0.1) is 18.5 Å². The molecular formula is C28H22N2O. The summed E-state index contributed by atoms with van der Waals surface area (Å²) < 4.78 is 7.61. The Morgan fingerprint density at radius 2 is 1.13 bits per heavy atom. The summed E-state index contributed by atoms with van der Waals surface area (Å²) in [5.74, 6) is 1.72. The van der Waals surface area contributed by atoms with Gasteiger partial charge < -0.3 is 4.74 Å². The van der Waals surface area contributed by atoms with Crippen LogP contribution in [0.1, 0.15) is 0 Å². The summed E-state index contributed by atoms with van der Waals surface area (Å²) in [5, 5.41) is 0. The van der Waals surface area contributed by atoms with Gasteiger partial charge in [0, 0.05) is 22.4 Å². The predicted octanol–water partition coefficient (Wildman–Crippen LogP) is 6.88. The Morgan fingerprint density at radius 1 is 0.581 bits per heavy atom. The number of hydrogen-bond donors (Lipinski definition) is 0. The van der Waals surface area contributed by atoms with Crippen molar-refractivity contribution in [2.75, 3.05) is 7.11 Å². The number of aromatic nitrogens is 2. The van der Waals surface area contributed by atoms with Crippen LogP contribution in [0.25, 0.3) is 39.6 Å². The fourth-order valence-corrected chi connectivity index (χ4v) is 3.84. The van der Waals surface area contributed by atoms with Crippen molar-refractivity contribution in [1.82, 2.24) is 9.55 Å². The third-order valence-corrected chi connectivity index (χ3v) is 5.33. The fraction of sp³-hybridized carbons (Fsp3) is 0.0357. The third kappa shape index (κ3) is 3.62. The quantitative estimate of drug-likeness (QED) is 0.320. The van der Waals surface area contributed by atoms with Gasteiger partial charge in [0.2, 0.25) is 0 Å². The molecule has 0 aliphatic rings. The zero-order valence-electron chi connectivity index (χ0n) is 17.3. The van der Waals surface area contributed by atoms with Crippen LogP contribution in [0.4, 0.5) is 0 Å². The van der Waals surface area contributed by atoms with Crippen LogP contribution in [0.3, 0.4) is 0 Å². The molecule has 0 aliphatic carbocycles. The summed E-state index contributed by atoms with van der Waals surface area (Å²) in [7, 11) is 1.68. The molecule has 0 N–H and O–H groups in total. The van der Waals surface area contributed by atoms with Gasteiger partial charge in [0.1, 0.15) is 11.6 Å². The van der Waals surface area contributed by atoms with Crippen LogP contribution in [0.2, 0.25) is 0 Å². The van der Waals surface area contributed by atoms with E-state index in [1.807, 2.05) is 30.3 Å². The molecule has 0 spiro atoms. The van der Waals surface area contributed by atoms with Gasteiger partial charge in [-0.25, -0.2) is 4.98 Å². The Hall–Kier alpha value is -4.11. The number of ether oxygens (including phenoxy) is 1. The van der Waals surface area contributed by atoms with Gasteiger partial charge >= 0.3 is 0 Å². The van der Waals surface area contributed by atoms with Crippen molar-refractivity contribution in [2.45, 2.75) is 0 Å². The Kier molecular flexibility index (Phi) is 5.07. The molecule has 0 aliphatic heterocycles. The lowest BCUT2D eigenvalue weighted by Crippen LogP contribution is -2.00. The maximum absolute atomic E-state index is 5.36. The predicted molar refractivity (Wildman–Crippen MR) is 126 cm³/mol. The molecule has 3 nitrogen and oxygen atoms in total. The van der Waals surface area contributed by atoms with Crippen molar-refractivity contribution >= 4 is 0 Å². The molecular weight excluding hydrogens is 380 g/mol. The van der Waals surface area contributed by atoms with Crippen LogP contribution in [0.5, 0.6) is 5.75 Å². The topological polar surface area (TPSA) is 27.1 Å². The first kappa shape index (κ1) is 18.9. The van der Waals surface area contributed by atoms with Gasteiger partial charge in [-0.3, -0.25) is 4.57 Å². The van der Waals surface area contributed by atoms with Crippen LogP contribution < -0.4 is 4.74 Å². The number of rotatable bonds is 5. The Bertz CT molecular complexity index is 1280. The van der Waals surface area contributed by atoms with E-state index in [0.717, 1.165) is 45.3 Å². The molecule has 0 fully saturated rings. The van der Waals surface area contributed by atoms with Crippen LogP contribution in [-0.2, 0) is 0 Å². The van der Waals surface area contributed by atoms with Crippen LogP contribution in [-0.4, -0.2) is 16.7 Å². The van der Waals surface area contributed by atoms with E-state index in [2.05, 4.69) is 89.5 Å². The van der Waals surface area contributed by atoms with E-state index in [0.29, 0.717) is 0 Å². The third-order valence-electron chi connectivity index (χ3n) is 5.33. The van der Waals surface area contributed by atoms with E-state index in [1.54, 1.807) is 7.11 Å². The Labute approximate surface area is 182 Å². The fourth-order valence-electron chi connectivity index (χ4n) is 3.84. The first-order chi connectivity index (χ1) is 15.3. The van der Waals surface area contributed by atoms with Gasteiger partial charge in [-0.15, -0.1) is 0 Å². The maximum atomic E-state index is 5.36. The van der Waals surface area contributed by atoms with Gasteiger partial charge in [0.25, 0.3) is 0 Å². The van der Waals surface area contributed by atoms with Crippen LogP contribution >= 0.6 is 0 Å². The van der Waals surface area contributed by atoms with Crippen molar-refractivity contribution in [2.24, 2.45) is 0 Å². The number of hydrogen-bond acceptors (Lipinski definition) is 2. The molecule has 0 amide bonds. The first-order valence-corrected chi connectivity index (χ1v) is 10.3. The van der Waals surface area contributed by atoms with E-state index < -0.39 is 0 Å².